The summed E-state index contributed by atoms with van der Waals surface area (Å²) >= 11 is 0. The molecule has 138 valence electrons. The highest BCUT2D eigenvalue weighted by molar-refractivity contribution is 6.08. The lowest BCUT2D eigenvalue weighted by Crippen LogP contribution is -2.21. The predicted octanol–water partition coefficient (Wildman–Crippen LogP) is 4.20. The van der Waals surface area contributed by atoms with Gasteiger partial charge in [-0.05, 0) is 11.5 Å². The summed E-state index contributed by atoms with van der Waals surface area (Å²) in [4.78, 5) is 24.0. The molecule has 0 heterocycles. The number of rotatable bonds is 5. The first-order valence-corrected chi connectivity index (χ1v) is 8.08. The van der Waals surface area contributed by atoms with Gasteiger partial charge in [-0.25, -0.2) is 9.59 Å². The number of carboxylic acids is 1. The number of carboxylic acid groups (broad SMARTS) is 1. The Morgan fingerprint density at radius 3 is 2.19 bits per heavy atom. The Balaban J connectivity index is 1.90. The fraction of sp³-hybridized carbons (Fsp3) is 0.100. The Bertz CT molecular complexity index is 1010. The summed E-state index contributed by atoms with van der Waals surface area (Å²) in [6.07, 6.45) is 0. The smallest absolute Gasteiger partial charge is 0.337 e. The Kier molecular flexibility index (Phi) is 5.12. The first kappa shape index (κ1) is 18.1. The molecule has 3 aromatic carbocycles. The minimum absolute atomic E-state index is 0.0953. The number of carbonyl (C=O) groups is 2. The largest absolute Gasteiger partial charge is 0.493 e. The lowest BCUT2D eigenvalue weighted by atomic mass is 10.1. The average Bonchev–Trinajstić information content (AvgIpc) is 2.67. The summed E-state index contributed by atoms with van der Waals surface area (Å²) in [6, 6.07) is 15.3. The van der Waals surface area contributed by atoms with Gasteiger partial charge in [0.2, 0.25) is 0 Å². The summed E-state index contributed by atoms with van der Waals surface area (Å²) < 4.78 is 10.3. The second-order valence-corrected chi connectivity index (χ2v) is 5.66. The first-order valence-electron chi connectivity index (χ1n) is 8.08. The van der Waals surface area contributed by atoms with Crippen molar-refractivity contribution in [3.63, 3.8) is 0 Å². The van der Waals surface area contributed by atoms with E-state index in [1.54, 1.807) is 6.07 Å². The van der Waals surface area contributed by atoms with Crippen LogP contribution in [0.4, 0.5) is 16.2 Å². The molecule has 0 radical (unpaired) electrons. The summed E-state index contributed by atoms with van der Waals surface area (Å²) in [5.74, 6) is -0.630. The van der Waals surface area contributed by atoms with Gasteiger partial charge in [-0.2, -0.15) is 0 Å². The molecule has 0 unspecified atom stereocenters. The van der Waals surface area contributed by atoms with Crippen molar-refractivity contribution in [3.8, 4) is 11.5 Å². The van der Waals surface area contributed by atoms with Crippen LogP contribution >= 0.6 is 0 Å². The van der Waals surface area contributed by atoms with Crippen LogP contribution in [0.1, 0.15) is 10.4 Å². The van der Waals surface area contributed by atoms with E-state index < -0.39 is 12.0 Å². The zero-order valence-corrected chi connectivity index (χ0v) is 14.8. The fourth-order valence-corrected chi connectivity index (χ4v) is 2.77. The van der Waals surface area contributed by atoms with E-state index in [0.29, 0.717) is 11.4 Å². The van der Waals surface area contributed by atoms with Crippen molar-refractivity contribution in [2.45, 2.75) is 0 Å². The van der Waals surface area contributed by atoms with E-state index >= 15 is 0 Å². The molecular formula is C20H18N2O5. The SMILES string of the molecule is COc1cc(NC(=O)Nc2cccc3ccccc23)c(C(=O)O)cc1OC. The second-order valence-electron chi connectivity index (χ2n) is 5.66. The number of hydrogen-bond acceptors (Lipinski definition) is 4. The number of methoxy groups -OCH3 is 2. The third-order valence-electron chi connectivity index (χ3n) is 4.04. The maximum Gasteiger partial charge on any atom is 0.337 e. The van der Waals surface area contributed by atoms with Crippen LogP contribution in [0.3, 0.4) is 0 Å². The van der Waals surface area contributed by atoms with E-state index in [-0.39, 0.29) is 17.0 Å². The standard InChI is InChI=1S/C20H18N2O5/c1-26-17-10-14(19(23)24)16(11-18(17)27-2)22-20(25)21-15-9-5-7-12-6-3-4-8-13(12)15/h3-11H,1-2H3,(H,23,24)(H2,21,22,25). The van der Waals surface area contributed by atoms with Gasteiger partial charge in [0.1, 0.15) is 0 Å². The van der Waals surface area contributed by atoms with E-state index in [1.165, 1.54) is 26.4 Å². The average molecular weight is 366 g/mol. The fourth-order valence-electron chi connectivity index (χ4n) is 2.77. The Morgan fingerprint density at radius 1 is 0.852 bits per heavy atom. The molecule has 3 rings (SSSR count). The van der Waals surface area contributed by atoms with E-state index in [0.717, 1.165) is 10.8 Å². The number of nitrogens with one attached hydrogen (secondary N) is 2. The van der Waals surface area contributed by atoms with Crippen molar-refractivity contribution in [3.05, 3.63) is 60.2 Å². The molecule has 7 nitrogen and oxygen atoms in total. The van der Waals surface area contributed by atoms with E-state index in [9.17, 15) is 14.7 Å². The third kappa shape index (κ3) is 3.77. The van der Waals surface area contributed by atoms with Gasteiger partial charge in [0.05, 0.1) is 31.2 Å². The van der Waals surface area contributed by atoms with Crippen LogP contribution in [0.5, 0.6) is 11.5 Å². The van der Waals surface area contributed by atoms with Gasteiger partial charge in [-0.3, -0.25) is 0 Å². The van der Waals surface area contributed by atoms with Crippen molar-refractivity contribution in [1.82, 2.24) is 0 Å². The molecule has 3 aromatic rings. The van der Waals surface area contributed by atoms with E-state index in [4.69, 9.17) is 9.47 Å². The Morgan fingerprint density at radius 2 is 1.48 bits per heavy atom. The highest BCUT2D eigenvalue weighted by Gasteiger charge is 2.18. The maximum absolute atomic E-state index is 12.5. The number of anilines is 2. The highest BCUT2D eigenvalue weighted by Crippen LogP contribution is 2.33. The van der Waals surface area contributed by atoms with Gasteiger partial charge < -0.3 is 25.2 Å². The van der Waals surface area contributed by atoms with Gasteiger partial charge >= 0.3 is 12.0 Å². The molecule has 0 aliphatic carbocycles. The molecule has 2 amide bonds. The molecule has 0 aliphatic heterocycles. The zero-order valence-electron chi connectivity index (χ0n) is 14.8. The van der Waals surface area contributed by atoms with Gasteiger partial charge in [-0.1, -0.05) is 36.4 Å². The van der Waals surface area contributed by atoms with Crippen LogP contribution in [0, 0.1) is 0 Å². The minimum Gasteiger partial charge on any atom is -0.493 e. The highest BCUT2D eigenvalue weighted by atomic mass is 16.5. The monoisotopic (exact) mass is 366 g/mol. The molecule has 7 heteroatoms. The third-order valence-corrected chi connectivity index (χ3v) is 4.04. The molecule has 27 heavy (non-hydrogen) atoms. The number of carbonyl (C=O) groups excluding carboxylic acids is 1. The summed E-state index contributed by atoms with van der Waals surface area (Å²) in [5.41, 5.74) is 0.599. The number of benzene rings is 3. The van der Waals surface area contributed by atoms with E-state index in [1.807, 2.05) is 36.4 Å². The molecular weight excluding hydrogens is 348 g/mol. The number of urea groups is 1. The van der Waals surface area contributed by atoms with Crippen LogP contribution in [0.15, 0.2) is 54.6 Å². The Hall–Kier alpha value is -3.74. The van der Waals surface area contributed by atoms with Crippen LogP contribution in [-0.2, 0) is 0 Å². The quantitative estimate of drug-likeness (QED) is 0.629. The first-order chi connectivity index (χ1) is 13.0. The minimum atomic E-state index is -1.20. The number of fused-ring (bicyclic) bond motifs is 1. The number of aromatic carboxylic acids is 1. The second kappa shape index (κ2) is 7.65. The predicted molar refractivity (Wildman–Crippen MR) is 103 cm³/mol. The number of amides is 2. The number of ether oxygens (including phenoxy) is 2. The molecule has 3 N–H and O–H groups in total. The zero-order chi connectivity index (χ0) is 19.4. The topological polar surface area (TPSA) is 96.9 Å². The molecule has 0 fully saturated rings. The van der Waals surface area contributed by atoms with Crippen LogP contribution in [0.2, 0.25) is 0 Å². The van der Waals surface area contributed by atoms with Crippen LogP contribution in [0.25, 0.3) is 10.8 Å². The molecule has 0 bridgehead atoms. The molecule has 0 saturated heterocycles. The van der Waals surface area contributed by atoms with Gasteiger partial charge in [-0.15, -0.1) is 0 Å². The van der Waals surface area contributed by atoms with Gasteiger partial charge in [0, 0.05) is 17.5 Å². The van der Waals surface area contributed by atoms with Crippen LogP contribution < -0.4 is 20.1 Å². The van der Waals surface area contributed by atoms with Crippen molar-refractivity contribution < 1.29 is 24.2 Å². The molecule has 0 atom stereocenters. The van der Waals surface area contributed by atoms with Crippen molar-refractivity contribution in [1.29, 1.82) is 0 Å². The summed E-state index contributed by atoms with van der Waals surface area (Å²) in [7, 11) is 2.84. The molecule has 0 saturated carbocycles. The molecule has 0 aromatic heterocycles. The van der Waals surface area contributed by atoms with Gasteiger partial charge in [0.25, 0.3) is 0 Å². The lowest BCUT2D eigenvalue weighted by molar-refractivity contribution is 0.0697. The Labute approximate surface area is 155 Å². The van der Waals surface area contributed by atoms with Crippen molar-refractivity contribution in [2.24, 2.45) is 0 Å². The normalized spacial score (nSPS) is 10.3. The van der Waals surface area contributed by atoms with Crippen molar-refractivity contribution >= 4 is 34.1 Å². The molecule has 0 aliphatic rings. The van der Waals surface area contributed by atoms with Crippen molar-refractivity contribution in [2.75, 3.05) is 24.9 Å². The summed E-state index contributed by atoms with van der Waals surface area (Å²) in [6.45, 7) is 0. The van der Waals surface area contributed by atoms with Crippen LogP contribution in [-0.4, -0.2) is 31.3 Å². The number of hydrogen-bond donors (Lipinski definition) is 3. The van der Waals surface area contributed by atoms with E-state index in [2.05, 4.69) is 10.6 Å². The van der Waals surface area contributed by atoms with Gasteiger partial charge in [0.15, 0.2) is 11.5 Å². The maximum atomic E-state index is 12.5. The molecule has 0 spiro atoms. The summed E-state index contributed by atoms with van der Waals surface area (Å²) in [5, 5.41) is 16.6. The lowest BCUT2D eigenvalue weighted by Gasteiger charge is -2.15.